The number of sulfonamides is 1. The van der Waals surface area contributed by atoms with Crippen molar-refractivity contribution >= 4 is 31.8 Å². The minimum atomic E-state index is -3.82. The van der Waals surface area contributed by atoms with E-state index in [4.69, 9.17) is 9.52 Å². The highest BCUT2D eigenvalue weighted by Gasteiger charge is 2.19. The summed E-state index contributed by atoms with van der Waals surface area (Å²) in [5, 5.41) is 8.54. The standard InChI is InChI=1S/C10H9BrN2O4S/c11-7-1-3-9(12-5-7)13-18(15,16)10-4-2-8(6-14)17-10/h1-5,14H,6H2,(H,12,13). The number of nitrogens with zero attached hydrogens (tertiary/aromatic N) is 1. The molecule has 0 radical (unpaired) electrons. The number of rotatable bonds is 4. The molecule has 2 heterocycles. The largest absolute Gasteiger partial charge is 0.445 e. The Labute approximate surface area is 112 Å². The predicted octanol–water partition coefficient (Wildman–Crippen LogP) is 1.73. The molecule has 0 spiro atoms. The molecule has 0 bridgehead atoms. The van der Waals surface area contributed by atoms with Gasteiger partial charge in [0.2, 0.25) is 5.09 Å². The number of halogens is 1. The minimum absolute atomic E-state index is 0.180. The number of hydrogen-bond donors (Lipinski definition) is 2. The van der Waals surface area contributed by atoms with E-state index in [9.17, 15) is 8.42 Å². The molecule has 0 atom stereocenters. The summed E-state index contributed by atoms with van der Waals surface area (Å²) in [6.45, 7) is -0.355. The van der Waals surface area contributed by atoms with Crippen LogP contribution >= 0.6 is 15.9 Å². The van der Waals surface area contributed by atoms with Gasteiger partial charge in [-0.3, -0.25) is 4.72 Å². The van der Waals surface area contributed by atoms with E-state index in [0.717, 1.165) is 4.47 Å². The van der Waals surface area contributed by atoms with E-state index < -0.39 is 10.0 Å². The van der Waals surface area contributed by atoms with Crippen LogP contribution in [-0.4, -0.2) is 18.5 Å². The van der Waals surface area contributed by atoms with Gasteiger partial charge in [-0.25, -0.2) is 4.98 Å². The third-order valence-electron chi connectivity index (χ3n) is 2.02. The summed E-state index contributed by atoms with van der Waals surface area (Å²) in [6, 6.07) is 5.83. The zero-order chi connectivity index (χ0) is 13.2. The first-order valence-corrected chi connectivity index (χ1v) is 7.13. The number of anilines is 1. The lowest BCUT2D eigenvalue weighted by molar-refractivity contribution is 0.236. The molecule has 18 heavy (non-hydrogen) atoms. The van der Waals surface area contributed by atoms with E-state index in [1.807, 2.05) is 0 Å². The van der Waals surface area contributed by atoms with Crippen LogP contribution in [0, 0.1) is 0 Å². The smallest absolute Gasteiger partial charge is 0.296 e. The van der Waals surface area contributed by atoms with E-state index in [1.165, 1.54) is 24.4 Å². The number of hydrogen-bond acceptors (Lipinski definition) is 5. The molecule has 0 unspecified atom stereocenters. The first-order valence-electron chi connectivity index (χ1n) is 4.85. The predicted molar refractivity (Wildman–Crippen MR) is 67.4 cm³/mol. The fourth-order valence-corrected chi connectivity index (χ4v) is 2.41. The van der Waals surface area contributed by atoms with E-state index in [-0.39, 0.29) is 23.3 Å². The molecule has 0 saturated heterocycles. The molecule has 2 aromatic rings. The molecule has 0 amide bonds. The quantitative estimate of drug-likeness (QED) is 0.889. The van der Waals surface area contributed by atoms with Gasteiger partial charge in [-0.2, -0.15) is 8.42 Å². The molecular formula is C10H9BrN2O4S. The van der Waals surface area contributed by atoms with Crippen LogP contribution in [0.4, 0.5) is 5.82 Å². The molecule has 6 nitrogen and oxygen atoms in total. The number of nitrogens with one attached hydrogen (secondary N) is 1. The van der Waals surface area contributed by atoms with Crippen molar-refractivity contribution in [1.29, 1.82) is 0 Å². The van der Waals surface area contributed by atoms with Gasteiger partial charge in [0.05, 0.1) is 0 Å². The molecule has 0 saturated carbocycles. The molecule has 0 aliphatic rings. The van der Waals surface area contributed by atoms with Gasteiger partial charge >= 0.3 is 0 Å². The van der Waals surface area contributed by atoms with Crippen molar-refractivity contribution in [3.05, 3.63) is 40.7 Å². The van der Waals surface area contributed by atoms with Crippen LogP contribution in [0.25, 0.3) is 0 Å². The van der Waals surface area contributed by atoms with E-state index >= 15 is 0 Å². The van der Waals surface area contributed by atoms with Crippen LogP contribution < -0.4 is 4.72 Å². The van der Waals surface area contributed by atoms with Crippen molar-refractivity contribution in [2.24, 2.45) is 0 Å². The first kappa shape index (κ1) is 13.1. The maximum atomic E-state index is 11.9. The molecule has 8 heteroatoms. The van der Waals surface area contributed by atoms with Crippen molar-refractivity contribution < 1.29 is 17.9 Å². The Morgan fingerprint density at radius 2 is 2.11 bits per heavy atom. The molecule has 0 aliphatic heterocycles. The van der Waals surface area contributed by atoms with E-state index in [0.29, 0.717) is 0 Å². The summed E-state index contributed by atoms with van der Waals surface area (Å²) < 4.78 is 31.7. The minimum Gasteiger partial charge on any atom is -0.445 e. The van der Waals surface area contributed by atoms with Crippen molar-refractivity contribution in [2.45, 2.75) is 11.7 Å². The zero-order valence-electron chi connectivity index (χ0n) is 9.00. The molecule has 0 aliphatic carbocycles. The van der Waals surface area contributed by atoms with Crippen molar-refractivity contribution in [3.8, 4) is 0 Å². The molecular weight excluding hydrogens is 324 g/mol. The Balaban J connectivity index is 2.24. The number of furan rings is 1. The summed E-state index contributed by atoms with van der Waals surface area (Å²) in [6.07, 6.45) is 1.47. The van der Waals surface area contributed by atoms with Gasteiger partial charge in [0.1, 0.15) is 18.2 Å². The highest BCUT2D eigenvalue weighted by Crippen LogP contribution is 2.18. The third-order valence-corrected chi connectivity index (χ3v) is 3.72. The number of aliphatic hydroxyl groups is 1. The fourth-order valence-electron chi connectivity index (χ4n) is 1.21. The molecule has 0 aromatic carbocycles. The average molecular weight is 333 g/mol. The summed E-state index contributed by atoms with van der Waals surface area (Å²) in [5.41, 5.74) is 0. The SMILES string of the molecule is O=S(=O)(Nc1ccc(Br)cn1)c1ccc(CO)o1. The number of pyridine rings is 1. The van der Waals surface area contributed by atoms with Gasteiger partial charge in [-0.1, -0.05) is 0 Å². The maximum absolute atomic E-state index is 11.9. The van der Waals surface area contributed by atoms with Crippen LogP contribution in [0.2, 0.25) is 0 Å². The number of aliphatic hydroxyl groups excluding tert-OH is 1. The summed E-state index contributed by atoms with van der Waals surface area (Å²) in [4.78, 5) is 3.89. The molecule has 2 rings (SSSR count). The maximum Gasteiger partial charge on any atom is 0.296 e. The van der Waals surface area contributed by atoms with E-state index in [2.05, 4.69) is 25.6 Å². The number of aromatic nitrogens is 1. The second-order valence-corrected chi connectivity index (χ2v) is 5.88. The van der Waals surface area contributed by atoms with Crippen LogP contribution in [0.1, 0.15) is 5.76 Å². The summed E-state index contributed by atoms with van der Waals surface area (Å²) in [7, 11) is -3.82. The zero-order valence-corrected chi connectivity index (χ0v) is 11.4. The van der Waals surface area contributed by atoms with Crippen LogP contribution in [0.15, 0.2) is 44.4 Å². The van der Waals surface area contributed by atoms with Crippen molar-refractivity contribution in [1.82, 2.24) is 4.98 Å². The molecule has 96 valence electrons. The second-order valence-electron chi connectivity index (χ2n) is 3.35. The van der Waals surface area contributed by atoms with Gasteiger partial charge in [0.15, 0.2) is 0 Å². The highest BCUT2D eigenvalue weighted by molar-refractivity contribution is 9.10. The van der Waals surface area contributed by atoms with E-state index in [1.54, 1.807) is 6.07 Å². The topological polar surface area (TPSA) is 92.4 Å². The van der Waals surface area contributed by atoms with Gasteiger partial charge in [-0.15, -0.1) is 0 Å². The molecule has 0 fully saturated rings. The Hall–Kier alpha value is -1.38. The van der Waals surface area contributed by atoms with Crippen molar-refractivity contribution in [2.75, 3.05) is 4.72 Å². The normalized spacial score (nSPS) is 11.4. The summed E-state index contributed by atoms with van der Waals surface area (Å²) >= 11 is 3.20. The lowest BCUT2D eigenvalue weighted by atomic mass is 10.5. The Morgan fingerprint density at radius 3 is 2.67 bits per heavy atom. The monoisotopic (exact) mass is 332 g/mol. The molecule has 2 N–H and O–H groups in total. The highest BCUT2D eigenvalue weighted by atomic mass is 79.9. The Kier molecular flexibility index (Phi) is 3.69. The third kappa shape index (κ3) is 2.89. The Bertz CT molecular complexity index is 636. The first-order chi connectivity index (χ1) is 8.51. The van der Waals surface area contributed by atoms with Crippen LogP contribution in [-0.2, 0) is 16.6 Å². The summed E-state index contributed by atoms with van der Waals surface area (Å²) in [5.74, 6) is 0.360. The van der Waals surface area contributed by atoms with Crippen LogP contribution in [0.3, 0.4) is 0 Å². The lowest BCUT2D eigenvalue weighted by Crippen LogP contribution is -2.13. The molecule has 2 aromatic heterocycles. The van der Waals surface area contributed by atoms with Crippen LogP contribution in [0.5, 0.6) is 0 Å². The second kappa shape index (κ2) is 5.09. The van der Waals surface area contributed by atoms with Gasteiger partial charge < -0.3 is 9.52 Å². The Morgan fingerprint density at radius 1 is 1.33 bits per heavy atom. The van der Waals surface area contributed by atoms with Crippen molar-refractivity contribution in [3.63, 3.8) is 0 Å². The van der Waals surface area contributed by atoms with Gasteiger partial charge in [0, 0.05) is 10.7 Å². The van der Waals surface area contributed by atoms with Gasteiger partial charge in [-0.05, 0) is 40.2 Å². The fraction of sp³-hybridized carbons (Fsp3) is 0.100. The average Bonchev–Trinajstić information content (AvgIpc) is 2.81. The lowest BCUT2D eigenvalue weighted by Gasteiger charge is -2.04. The van der Waals surface area contributed by atoms with Gasteiger partial charge in [0.25, 0.3) is 10.0 Å².